The van der Waals surface area contributed by atoms with Crippen LogP contribution in [-0.2, 0) is 11.2 Å². The molecule has 2 aromatic rings. The van der Waals surface area contributed by atoms with Gasteiger partial charge in [0.25, 0.3) is 5.91 Å². The molecule has 0 radical (unpaired) electrons. The average molecular weight is 359 g/mol. The summed E-state index contributed by atoms with van der Waals surface area (Å²) in [6.45, 7) is 1.19. The Hall–Kier alpha value is -2.01. The number of aromatic hydroxyl groups is 1. The zero-order chi connectivity index (χ0) is 17.6. The lowest BCUT2D eigenvalue weighted by atomic mass is 10.1. The van der Waals surface area contributed by atoms with E-state index in [0.29, 0.717) is 19.5 Å². The van der Waals surface area contributed by atoms with Gasteiger partial charge in [0.2, 0.25) is 0 Å². The van der Waals surface area contributed by atoms with Crippen molar-refractivity contribution in [2.24, 2.45) is 0 Å². The summed E-state index contributed by atoms with van der Waals surface area (Å²) in [5.41, 5.74) is 1.06. The van der Waals surface area contributed by atoms with Crippen molar-refractivity contribution >= 4 is 17.7 Å². The average Bonchev–Trinajstić information content (AvgIpc) is 3.10. The van der Waals surface area contributed by atoms with Crippen LogP contribution in [0.15, 0.2) is 59.5 Å². The number of aryl methyl sites for hydroxylation is 1. The van der Waals surface area contributed by atoms with Gasteiger partial charge in [-0.25, -0.2) is 4.39 Å². The van der Waals surface area contributed by atoms with Gasteiger partial charge in [-0.05, 0) is 49.1 Å². The summed E-state index contributed by atoms with van der Waals surface area (Å²) >= 11 is 1.68. The molecule has 1 N–H and O–H groups in total. The van der Waals surface area contributed by atoms with E-state index in [4.69, 9.17) is 0 Å². The summed E-state index contributed by atoms with van der Waals surface area (Å²) in [7, 11) is 0. The molecule has 2 aromatic carbocycles. The third kappa shape index (κ3) is 4.98. The zero-order valence-electron chi connectivity index (χ0n) is 14.0. The van der Waals surface area contributed by atoms with Crippen molar-refractivity contribution in [2.75, 3.05) is 13.1 Å². The highest BCUT2D eigenvalue weighted by molar-refractivity contribution is 8.00. The molecule has 1 fully saturated rings. The molecule has 0 aromatic heterocycles. The number of halogens is 1. The second kappa shape index (κ2) is 8.39. The lowest BCUT2D eigenvalue weighted by Crippen LogP contribution is -2.36. The molecule has 1 heterocycles. The van der Waals surface area contributed by atoms with Crippen LogP contribution >= 0.6 is 11.8 Å². The molecular weight excluding hydrogens is 337 g/mol. The van der Waals surface area contributed by atoms with Gasteiger partial charge in [0.05, 0.1) is 0 Å². The molecule has 0 spiro atoms. The Labute approximate surface area is 151 Å². The number of phenolic OH excluding ortho intramolecular Hbond substituents is 1. The number of phenols is 1. The van der Waals surface area contributed by atoms with Crippen LogP contribution in [0.2, 0.25) is 0 Å². The van der Waals surface area contributed by atoms with Crippen LogP contribution in [0.5, 0.6) is 5.75 Å². The van der Waals surface area contributed by atoms with E-state index in [1.165, 1.54) is 0 Å². The Kier molecular flexibility index (Phi) is 5.97. The third-order valence-electron chi connectivity index (χ3n) is 4.39. The molecule has 0 aliphatic carbocycles. The molecule has 1 aliphatic heterocycles. The Morgan fingerprint density at radius 1 is 1.20 bits per heavy atom. The molecule has 0 bridgehead atoms. The quantitative estimate of drug-likeness (QED) is 0.846. The monoisotopic (exact) mass is 359 g/mol. The van der Waals surface area contributed by atoms with E-state index in [2.05, 4.69) is 0 Å². The number of rotatable bonds is 6. The SMILES string of the molecule is O=C(C(F)CCc1ccccc1)N1CCC(Sc2ccc(O)cc2)C1. The predicted octanol–water partition coefficient (Wildman–Crippen LogP) is 4.06. The standard InChI is InChI=1S/C20H22FNO2S/c21-19(11-6-15-4-2-1-3-5-15)20(24)22-13-12-18(14-22)25-17-9-7-16(23)8-10-17/h1-5,7-10,18-19,23H,6,11-14H2. The van der Waals surface area contributed by atoms with Crippen molar-refractivity contribution in [2.45, 2.75) is 35.6 Å². The van der Waals surface area contributed by atoms with Gasteiger partial charge in [-0.3, -0.25) is 4.79 Å². The van der Waals surface area contributed by atoms with Gasteiger partial charge < -0.3 is 10.0 Å². The smallest absolute Gasteiger partial charge is 0.257 e. The predicted molar refractivity (Wildman–Crippen MR) is 98.6 cm³/mol. The number of nitrogens with zero attached hydrogens (tertiary/aromatic N) is 1. The summed E-state index contributed by atoms with van der Waals surface area (Å²) < 4.78 is 14.3. The first-order valence-corrected chi connectivity index (χ1v) is 9.42. The van der Waals surface area contributed by atoms with Crippen molar-refractivity contribution in [3.63, 3.8) is 0 Å². The van der Waals surface area contributed by atoms with Crippen molar-refractivity contribution in [1.29, 1.82) is 0 Å². The van der Waals surface area contributed by atoms with E-state index >= 15 is 0 Å². The summed E-state index contributed by atoms with van der Waals surface area (Å²) in [5.74, 6) is -0.143. The van der Waals surface area contributed by atoms with Crippen LogP contribution in [0.4, 0.5) is 4.39 Å². The van der Waals surface area contributed by atoms with E-state index in [1.807, 2.05) is 42.5 Å². The largest absolute Gasteiger partial charge is 0.508 e. The Morgan fingerprint density at radius 2 is 1.92 bits per heavy atom. The fraction of sp³-hybridized carbons (Fsp3) is 0.350. The number of carbonyl (C=O) groups excluding carboxylic acids is 1. The molecule has 1 saturated heterocycles. The van der Waals surface area contributed by atoms with Crippen LogP contribution in [0.3, 0.4) is 0 Å². The van der Waals surface area contributed by atoms with Gasteiger partial charge in [-0.1, -0.05) is 30.3 Å². The van der Waals surface area contributed by atoms with E-state index in [0.717, 1.165) is 16.9 Å². The number of carbonyl (C=O) groups is 1. The topological polar surface area (TPSA) is 40.5 Å². The van der Waals surface area contributed by atoms with Gasteiger partial charge in [0, 0.05) is 23.2 Å². The minimum Gasteiger partial charge on any atom is -0.508 e. The fourth-order valence-corrected chi connectivity index (χ4v) is 4.16. The number of alkyl halides is 1. The number of benzene rings is 2. The molecule has 0 saturated carbocycles. The van der Waals surface area contributed by atoms with E-state index in [1.54, 1.807) is 28.8 Å². The second-order valence-corrected chi connectivity index (χ2v) is 7.67. The highest BCUT2D eigenvalue weighted by Gasteiger charge is 2.31. The minimum absolute atomic E-state index is 0.231. The highest BCUT2D eigenvalue weighted by atomic mass is 32.2. The molecule has 3 rings (SSSR count). The number of hydrogen-bond donors (Lipinski definition) is 1. The molecule has 2 atom stereocenters. The maximum Gasteiger partial charge on any atom is 0.257 e. The van der Waals surface area contributed by atoms with E-state index in [9.17, 15) is 14.3 Å². The number of likely N-dealkylation sites (tertiary alicyclic amines) is 1. The zero-order valence-corrected chi connectivity index (χ0v) is 14.8. The van der Waals surface area contributed by atoms with Gasteiger partial charge in [0.15, 0.2) is 6.17 Å². The maximum atomic E-state index is 14.3. The van der Waals surface area contributed by atoms with Gasteiger partial charge in [0.1, 0.15) is 5.75 Å². The van der Waals surface area contributed by atoms with Crippen LogP contribution in [-0.4, -0.2) is 40.4 Å². The Bertz CT molecular complexity index is 693. The maximum absolute atomic E-state index is 14.3. The van der Waals surface area contributed by atoms with Crippen molar-refractivity contribution in [1.82, 2.24) is 4.90 Å². The Morgan fingerprint density at radius 3 is 2.64 bits per heavy atom. The van der Waals surface area contributed by atoms with Crippen molar-refractivity contribution in [3.8, 4) is 5.75 Å². The first-order chi connectivity index (χ1) is 12.1. The van der Waals surface area contributed by atoms with E-state index in [-0.39, 0.29) is 23.3 Å². The van der Waals surface area contributed by atoms with Crippen LogP contribution in [0.1, 0.15) is 18.4 Å². The third-order valence-corrected chi connectivity index (χ3v) is 5.66. The number of hydrogen-bond acceptors (Lipinski definition) is 3. The van der Waals surface area contributed by atoms with Crippen molar-refractivity contribution in [3.05, 3.63) is 60.2 Å². The molecule has 1 aliphatic rings. The molecule has 2 unspecified atom stereocenters. The molecule has 1 amide bonds. The molecule has 132 valence electrons. The van der Waals surface area contributed by atoms with Gasteiger partial charge in [-0.2, -0.15) is 0 Å². The molecule has 25 heavy (non-hydrogen) atoms. The second-order valence-electron chi connectivity index (χ2n) is 6.30. The first kappa shape index (κ1) is 17.8. The summed E-state index contributed by atoms with van der Waals surface area (Å²) in [6, 6.07) is 16.7. The molecule has 5 heteroatoms. The van der Waals surface area contributed by atoms with Crippen LogP contribution < -0.4 is 0 Å². The first-order valence-electron chi connectivity index (χ1n) is 8.54. The number of amides is 1. The fourth-order valence-electron chi connectivity index (χ4n) is 3.00. The summed E-state index contributed by atoms with van der Waals surface area (Å²) in [5, 5.41) is 9.60. The summed E-state index contributed by atoms with van der Waals surface area (Å²) in [6.07, 6.45) is 0.239. The van der Waals surface area contributed by atoms with Gasteiger partial charge >= 0.3 is 0 Å². The summed E-state index contributed by atoms with van der Waals surface area (Å²) in [4.78, 5) is 15.0. The number of thioether (sulfide) groups is 1. The normalized spacial score (nSPS) is 18.3. The highest BCUT2D eigenvalue weighted by Crippen LogP contribution is 2.31. The van der Waals surface area contributed by atoms with Crippen LogP contribution in [0.25, 0.3) is 0 Å². The lowest BCUT2D eigenvalue weighted by Gasteiger charge is -2.19. The molecular formula is C20H22FNO2S. The minimum atomic E-state index is -1.43. The van der Waals surface area contributed by atoms with Crippen molar-refractivity contribution < 1.29 is 14.3 Å². The van der Waals surface area contributed by atoms with E-state index < -0.39 is 6.17 Å². The molecule has 3 nitrogen and oxygen atoms in total. The Balaban J connectivity index is 1.47. The van der Waals surface area contributed by atoms with Crippen LogP contribution in [0, 0.1) is 0 Å². The van der Waals surface area contributed by atoms with Gasteiger partial charge in [-0.15, -0.1) is 11.8 Å². The lowest BCUT2D eigenvalue weighted by molar-refractivity contribution is -0.135.